The maximum absolute atomic E-state index is 12.0. The van der Waals surface area contributed by atoms with E-state index in [1.165, 1.54) is 6.07 Å². The molecule has 0 aliphatic rings. The number of pyridine rings is 1. The zero-order valence-corrected chi connectivity index (χ0v) is 11.4. The monoisotopic (exact) mass is 300 g/mol. The molecule has 1 amide bonds. The fourth-order valence-electron chi connectivity index (χ4n) is 1.67. The number of carbonyl (C=O) groups is 1. The van der Waals surface area contributed by atoms with Crippen LogP contribution in [-0.4, -0.2) is 21.1 Å². The predicted octanol–water partition coefficient (Wildman–Crippen LogP) is 3.04. The van der Waals surface area contributed by atoms with Crippen molar-refractivity contribution < 1.29 is 9.21 Å². The molecule has 0 aliphatic heterocycles. The van der Waals surface area contributed by atoms with Crippen molar-refractivity contribution >= 4 is 23.5 Å². The van der Waals surface area contributed by atoms with E-state index < -0.39 is 5.91 Å². The van der Waals surface area contributed by atoms with Crippen molar-refractivity contribution in [1.82, 2.24) is 15.2 Å². The minimum atomic E-state index is -0.472. The van der Waals surface area contributed by atoms with Gasteiger partial charge in [0.25, 0.3) is 5.91 Å². The SMILES string of the molecule is O=C(Nc1nnc(-c2ccccc2)o1)c1cccc(Cl)n1. The van der Waals surface area contributed by atoms with E-state index in [4.69, 9.17) is 16.0 Å². The van der Waals surface area contributed by atoms with E-state index in [0.717, 1.165) is 5.56 Å². The molecule has 0 atom stereocenters. The summed E-state index contributed by atoms with van der Waals surface area (Å²) < 4.78 is 5.38. The molecule has 0 saturated heterocycles. The van der Waals surface area contributed by atoms with Crippen LogP contribution in [0.25, 0.3) is 11.5 Å². The predicted molar refractivity (Wildman–Crippen MR) is 76.9 cm³/mol. The van der Waals surface area contributed by atoms with Gasteiger partial charge in [0.05, 0.1) is 0 Å². The van der Waals surface area contributed by atoms with Crippen molar-refractivity contribution in [3.8, 4) is 11.5 Å². The van der Waals surface area contributed by atoms with Crippen LogP contribution in [0.2, 0.25) is 5.15 Å². The molecule has 21 heavy (non-hydrogen) atoms. The lowest BCUT2D eigenvalue weighted by molar-refractivity contribution is 0.101. The van der Waals surface area contributed by atoms with Gasteiger partial charge in [0.15, 0.2) is 0 Å². The van der Waals surface area contributed by atoms with Gasteiger partial charge in [0, 0.05) is 5.56 Å². The Kier molecular flexibility index (Phi) is 3.61. The largest absolute Gasteiger partial charge is 0.403 e. The standard InChI is InChI=1S/C14H9ClN4O2/c15-11-8-4-7-10(16-11)12(20)17-14-19-18-13(21-14)9-5-2-1-3-6-9/h1-8H,(H,17,19,20). The molecule has 0 bridgehead atoms. The second-order valence-electron chi connectivity index (χ2n) is 4.08. The third kappa shape index (κ3) is 3.06. The van der Waals surface area contributed by atoms with E-state index in [-0.39, 0.29) is 16.9 Å². The number of nitrogens with zero attached hydrogens (tertiary/aromatic N) is 3. The molecule has 0 aliphatic carbocycles. The zero-order chi connectivity index (χ0) is 14.7. The Labute approximate surface area is 124 Å². The molecule has 3 rings (SSSR count). The van der Waals surface area contributed by atoms with Crippen LogP contribution in [0.3, 0.4) is 0 Å². The second-order valence-corrected chi connectivity index (χ2v) is 4.47. The van der Waals surface area contributed by atoms with E-state index in [0.29, 0.717) is 5.89 Å². The molecule has 2 heterocycles. The van der Waals surface area contributed by atoms with Crippen molar-refractivity contribution in [2.75, 3.05) is 5.32 Å². The Morgan fingerprint density at radius 1 is 1.05 bits per heavy atom. The lowest BCUT2D eigenvalue weighted by Crippen LogP contribution is -2.13. The van der Waals surface area contributed by atoms with Crippen molar-refractivity contribution in [2.45, 2.75) is 0 Å². The van der Waals surface area contributed by atoms with Gasteiger partial charge in [-0.2, -0.15) is 0 Å². The van der Waals surface area contributed by atoms with Gasteiger partial charge in [-0.15, -0.1) is 5.10 Å². The van der Waals surface area contributed by atoms with Gasteiger partial charge in [-0.3, -0.25) is 10.1 Å². The summed E-state index contributed by atoms with van der Waals surface area (Å²) >= 11 is 5.73. The summed E-state index contributed by atoms with van der Waals surface area (Å²) in [5, 5.41) is 10.4. The molecule has 7 heteroatoms. The van der Waals surface area contributed by atoms with Crippen LogP contribution in [0.4, 0.5) is 6.01 Å². The van der Waals surface area contributed by atoms with Gasteiger partial charge < -0.3 is 4.42 Å². The average molecular weight is 301 g/mol. The van der Waals surface area contributed by atoms with Crippen LogP contribution in [0.5, 0.6) is 0 Å². The molecule has 0 fully saturated rings. The van der Waals surface area contributed by atoms with Gasteiger partial charge in [-0.05, 0) is 24.3 Å². The van der Waals surface area contributed by atoms with E-state index in [1.54, 1.807) is 12.1 Å². The number of nitrogens with one attached hydrogen (secondary N) is 1. The van der Waals surface area contributed by atoms with Crippen LogP contribution < -0.4 is 5.32 Å². The van der Waals surface area contributed by atoms with Gasteiger partial charge >= 0.3 is 6.01 Å². The number of amides is 1. The molecule has 6 nitrogen and oxygen atoms in total. The molecular weight excluding hydrogens is 292 g/mol. The molecule has 1 N–H and O–H groups in total. The smallest absolute Gasteiger partial charge is 0.322 e. The number of benzene rings is 1. The van der Waals surface area contributed by atoms with Gasteiger partial charge in [0.1, 0.15) is 10.8 Å². The highest BCUT2D eigenvalue weighted by molar-refractivity contribution is 6.29. The lowest BCUT2D eigenvalue weighted by atomic mass is 10.2. The molecule has 0 spiro atoms. The Morgan fingerprint density at radius 2 is 1.86 bits per heavy atom. The van der Waals surface area contributed by atoms with E-state index in [2.05, 4.69) is 20.5 Å². The summed E-state index contributed by atoms with van der Waals surface area (Å²) in [6, 6.07) is 14.0. The molecule has 0 unspecified atom stereocenters. The van der Waals surface area contributed by atoms with Crippen LogP contribution in [0.1, 0.15) is 10.5 Å². The molecule has 0 saturated carbocycles. The Balaban J connectivity index is 1.77. The van der Waals surface area contributed by atoms with Crippen molar-refractivity contribution in [2.24, 2.45) is 0 Å². The fourth-order valence-corrected chi connectivity index (χ4v) is 1.83. The highest BCUT2D eigenvalue weighted by Crippen LogP contribution is 2.19. The molecule has 3 aromatic rings. The molecule has 104 valence electrons. The van der Waals surface area contributed by atoms with Gasteiger partial charge in [0.2, 0.25) is 5.89 Å². The average Bonchev–Trinajstić information content (AvgIpc) is 2.97. The topological polar surface area (TPSA) is 80.9 Å². The minimum absolute atomic E-state index is 0.000582. The highest BCUT2D eigenvalue weighted by Gasteiger charge is 2.13. The zero-order valence-electron chi connectivity index (χ0n) is 10.7. The van der Waals surface area contributed by atoms with Crippen molar-refractivity contribution in [1.29, 1.82) is 0 Å². The highest BCUT2D eigenvalue weighted by atomic mass is 35.5. The van der Waals surface area contributed by atoms with E-state index in [1.807, 2.05) is 30.3 Å². The molecule has 2 aromatic heterocycles. The third-order valence-corrected chi connectivity index (χ3v) is 2.82. The third-order valence-electron chi connectivity index (χ3n) is 2.61. The number of hydrogen-bond acceptors (Lipinski definition) is 5. The number of aromatic nitrogens is 3. The summed E-state index contributed by atoms with van der Waals surface area (Å²) in [7, 11) is 0. The number of hydrogen-bond donors (Lipinski definition) is 1. The number of rotatable bonds is 3. The van der Waals surface area contributed by atoms with Crippen LogP contribution >= 0.6 is 11.6 Å². The Hall–Kier alpha value is -2.73. The first-order chi connectivity index (χ1) is 10.2. The number of halogens is 1. The summed E-state index contributed by atoms with van der Waals surface area (Å²) in [4.78, 5) is 15.8. The first-order valence-corrected chi connectivity index (χ1v) is 6.43. The number of anilines is 1. The van der Waals surface area contributed by atoms with Gasteiger partial charge in [-0.1, -0.05) is 41.0 Å². The summed E-state index contributed by atoms with van der Waals surface area (Å²) in [5.74, 6) is -0.147. The first kappa shape index (κ1) is 13.3. The summed E-state index contributed by atoms with van der Waals surface area (Å²) in [5.41, 5.74) is 0.938. The minimum Gasteiger partial charge on any atom is -0.403 e. The quantitative estimate of drug-likeness (QED) is 0.752. The first-order valence-electron chi connectivity index (χ1n) is 6.05. The lowest BCUT2D eigenvalue weighted by Gasteiger charge is -1.99. The van der Waals surface area contributed by atoms with Crippen LogP contribution in [-0.2, 0) is 0 Å². The molecule has 0 radical (unpaired) electrons. The second kappa shape index (κ2) is 5.72. The Bertz CT molecular complexity index is 773. The van der Waals surface area contributed by atoms with Crippen molar-refractivity contribution in [3.05, 3.63) is 59.4 Å². The normalized spacial score (nSPS) is 10.3. The van der Waals surface area contributed by atoms with Crippen LogP contribution in [0.15, 0.2) is 52.9 Å². The summed E-state index contributed by atoms with van der Waals surface area (Å²) in [6.07, 6.45) is 0. The maximum atomic E-state index is 12.0. The number of carbonyl (C=O) groups excluding carboxylic acids is 1. The molecule has 1 aromatic carbocycles. The fraction of sp³-hybridized carbons (Fsp3) is 0. The summed E-state index contributed by atoms with van der Waals surface area (Å²) in [6.45, 7) is 0. The van der Waals surface area contributed by atoms with Crippen molar-refractivity contribution in [3.63, 3.8) is 0 Å². The van der Waals surface area contributed by atoms with Gasteiger partial charge in [-0.25, -0.2) is 4.98 Å². The van der Waals surface area contributed by atoms with E-state index in [9.17, 15) is 4.79 Å². The Morgan fingerprint density at radius 3 is 2.62 bits per heavy atom. The van der Waals surface area contributed by atoms with E-state index >= 15 is 0 Å². The maximum Gasteiger partial charge on any atom is 0.322 e. The van der Waals surface area contributed by atoms with Crippen LogP contribution in [0, 0.1) is 0 Å². The molecular formula is C14H9ClN4O2.